The van der Waals surface area contributed by atoms with Crippen molar-refractivity contribution in [2.75, 3.05) is 17.1 Å². The fourth-order valence-electron chi connectivity index (χ4n) is 5.20. The van der Waals surface area contributed by atoms with Crippen LogP contribution in [-0.2, 0) is 32.6 Å². The molecule has 1 atom stereocenters. The van der Waals surface area contributed by atoms with Gasteiger partial charge in [0.25, 0.3) is 0 Å². The quantitative estimate of drug-likeness (QED) is 0.297. The maximum atomic E-state index is 14.2. The fraction of sp³-hybridized carbons (Fsp3) is 0.355. The van der Waals surface area contributed by atoms with Gasteiger partial charge < -0.3 is 10.2 Å². The second kappa shape index (κ2) is 13.7. The van der Waals surface area contributed by atoms with E-state index in [0.29, 0.717) is 0 Å². The van der Waals surface area contributed by atoms with Gasteiger partial charge in [0, 0.05) is 24.0 Å². The van der Waals surface area contributed by atoms with Crippen LogP contribution < -0.4 is 9.62 Å². The van der Waals surface area contributed by atoms with Crippen LogP contribution >= 0.6 is 23.2 Å². The summed E-state index contributed by atoms with van der Waals surface area (Å²) in [6.07, 6.45) is 5.16. The van der Waals surface area contributed by atoms with Gasteiger partial charge in [0.05, 0.1) is 17.0 Å². The van der Waals surface area contributed by atoms with Gasteiger partial charge in [0.15, 0.2) is 0 Å². The number of sulfonamides is 1. The number of nitrogens with one attached hydrogen (secondary N) is 1. The number of carbonyl (C=O) groups is 2. The van der Waals surface area contributed by atoms with Crippen LogP contribution in [0.3, 0.4) is 0 Å². The number of aryl methyl sites for hydroxylation is 1. The molecular formula is C31H35Cl2N3O4S. The summed E-state index contributed by atoms with van der Waals surface area (Å²) in [6, 6.07) is 20.8. The van der Waals surface area contributed by atoms with Crippen LogP contribution in [-0.4, -0.2) is 50.0 Å². The molecule has 7 nitrogen and oxygen atoms in total. The summed E-state index contributed by atoms with van der Waals surface area (Å²) in [5.41, 5.74) is 2.82. The zero-order chi connectivity index (χ0) is 29.6. The van der Waals surface area contributed by atoms with Crippen LogP contribution in [0.1, 0.15) is 42.4 Å². The first kappa shape index (κ1) is 30.9. The Morgan fingerprint density at radius 3 is 2.29 bits per heavy atom. The molecule has 1 aliphatic carbocycles. The Balaban J connectivity index is 1.74. The van der Waals surface area contributed by atoms with Crippen molar-refractivity contribution < 1.29 is 18.0 Å². The van der Waals surface area contributed by atoms with Gasteiger partial charge in [0.1, 0.15) is 12.6 Å². The molecule has 10 heteroatoms. The highest BCUT2D eigenvalue weighted by Gasteiger charge is 2.34. The standard InChI is InChI=1S/C31H35Cl2N3O4S/c1-22-9-8-12-24(17-22)20-35(30(37)21-36(41(2,39)40)28-19-25(32)15-16-27(28)33)29(18-23-10-4-3-5-11-23)31(38)34-26-13-6-7-14-26/h3-5,8-12,15-17,19,26,29H,6-7,13-14,18,20-21H2,1-2H3,(H,34,38)/t29-/m0/s1. The van der Waals surface area contributed by atoms with E-state index in [-0.39, 0.29) is 40.6 Å². The topological polar surface area (TPSA) is 86.8 Å². The summed E-state index contributed by atoms with van der Waals surface area (Å²) < 4.78 is 26.9. The van der Waals surface area contributed by atoms with Gasteiger partial charge in [-0.2, -0.15) is 0 Å². The van der Waals surface area contributed by atoms with E-state index in [1.807, 2.05) is 61.5 Å². The van der Waals surface area contributed by atoms with Gasteiger partial charge in [-0.25, -0.2) is 8.42 Å². The summed E-state index contributed by atoms with van der Waals surface area (Å²) in [4.78, 5) is 29.6. The number of halogens is 2. The molecule has 0 spiro atoms. The number of amides is 2. The highest BCUT2D eigenvalue weighted by atomic mass is 35.5. The van der Waals surface area contributed by atoms with E-state index in [1.54, 1.807) is 6.07 Å². The SMILES string of the molecule is Cc1cccc(CN(C(=O)CN(c2cc(Cl)ccc2Cl)S(C)(=O)=O)[C@@H](Cc2ccccc2)C(=O)NC2CCCC2)c1. The molecule has 3 aromatic rings. The molecule has 3 aromatic carbocycles. The smallest absolute Gasteiger partial charge is 0.244 e. The molecule has 0 saturated heterocycles. The molecule has 0 bridgehead atoms. The lowest BCUT2D eigenvalue weighted by Crippen LogP contribution is -2.54. The molecule has 218 valence electrons. The monoisotopic (exact) mass is 615 g/mol. The van der Waals surface area contributed by atoms with Gasteiger partial charge in [-0.3, -0.25) is 13.9 Å². The number of carbonyl (C=O) groups excluding carboxylic acids is 2. The molecule has 41 heavy (non-hydrogen) atoms. The molecule has 1 fully saturated rings. The van der Waals surface area contributed by atoms with E-state index in [0.717, 1.165) is 52.9 Å². The van der Waals surface area contributed by atoms with Crippen molar-refractivity contribution in [2.24, 2.45) is 0 Å². The maximum Gasteiger partial charge on any atom is 0.244 e. The minimum absolute atomic E-state index is 0.0504. The summed E-state index contributed by atoms with van der Waals surface area (Å²) in [5, 5.41) is 3.57. The van der Waals surface area contributed by atoms with Crippen molar-refractivity contribution in [3.05, 3.63) is 99.5 Å². The maximum absolute atomic E-state index is 14.2. The van der Waals surface area contributed by atoms with Gasteiger partial charge >= 0.3 is 0 Å². The summed E-state index contributed by atoms with van der Waals surface area (Å²) in [6.45, 7) is 1.53. The lowest BCUT2D eigenvalue weighted by molar-refractivity contribution is -0.140. The van der Waals surface area contributed by atoms with E-state index in [9.17, 15) is 18.0 Å². The molecule has 0 aliphatic heterocycles. The Labute approximate surface area is 252 Å². The first-order valence-electron chi connectivity index (χ1n) is 13.6. The van der Waals surface area contributed by atoms with Gasteiger partial charge in [-0.05, 0) is 49.1 Å². The highest BCUT2D eigenvalue weighted by Crippen LogP contribution is 2.31. The number of hydrogen-bond acceptors (Lipinski definition) is 4. The molecule has 1 N–H and O–H groups in total. The zero-order valence-corrected chi connectivity index (χ0v) is 25.6. The van der Waals surface area contributed by atoms with E-state index < -0.39 is 28.5 Å². The normalized spacial score (nSPS) is 14.4. The second-order valence-electron chi connectivity index (χ2n) is 10.6. The van der Waals surface area contributed by atoms with Gasteiger partial charge in [0.2, 0.25) is 21.8 Å². The van der Waals surface area contributed by atoms with Crippen LogP contribution in [0, 0.1) is 6.92 Å². The van der Waals surface area contributed by atoms with Crippen molar-refractivity contribution >= 4 is 50.7 Å². The third-order valence-corrected chi connectivity index (χ3v) is 8.95. The lowest BCUT2D eigenvalue weighted by Gasteiger charge is -2.34. The Morgan fingerprint density at radius 2 is 1.63 bits per heavy atom. The molecule has 4 rings (SSSR count). The predicted molar refractivity (Wildman–Crippen MR) is 165 cm³/mol. The zero-order valence-electron chi connectivity index (χ0n) is 23.2. The minimum atomic E-state index is -3.95. The average Bonchev–Trinajstić information content (AvgIpc) is 3.43. The van der Waals surface area contributed by atoms with Crippen LogP contribution in [0.5, 0.6) is 0 Å². The largest absolute Gasteiger partial charge is 0.352 e. The molecule has 1 saturated carbocycles. The Kier molecular flexibility index (Phi) is 10.3. The first-order valence-corrected chi connectivity index (χ1v) is 16.2. The van der Waals surface area contributed by atoms with E-state index >= 15 is 0 Å². The third-order valence-electron chi connectivity index (χ3n) is 7.26. The molecular weight excluding hydrogens is 581 g/mol. The molecule has 0 unspecified atom stereocenters. The lowest BCUT2D eigenvalue weighted by atomic mass is 10.0. The van der Waals surface area contributed by atoms with Crippen molar-refractivity contribution in [3.8, 4) is 0 Å². The summed E-state index contributed by atoms with van der Waals surface area (Å²) in [5.74, 6) is -0.788. The molecule has 0 radical (unpaired) electrons. The Hall–Kier alpha value is -3.07. The predicted octanol–water partition coefficient (Wildman–Crippen LogP) is 5.77. The van der Waals surface area contributed by atoms with Gasteiger partial charge in [-0.15, -0.1) is 0 Å². The Morgan fingerprint density at radius 1 is 0.951 bits per heavy atom. The number of nitrogens with zero attached hydrogens (tertiary/aromatic N) is 2. The number of hydrogen-bond donors (Lipinski definition) is 1. The van der Waals surface area contributed by atoms with Crippen molar-refractivity contribution in [1.29, 1.82) is 0 Å². The van der Waals surface area contributed by atoms with E-state index in [2.05, 4.69) is 5.32 Å². The van der Waals surface area contributed by atoms with Gasteiger partial charge in [-0.1, -0.05) is 96.2 Å². The third kappa shape index (κ3) is 8.47. The van der Waals surface area contributed by atoms with Crippen molar-refractivity contribution in [3.63, 3.8) is 0 Å². The minimum Gasteiger partial charge on any atom is -0.352 e. The summed E-state index contributed by atoms with van der Waals surface area (Å²) >= 11 is 12.5. The Bertz CT molecular complexity index is 1480. The first-order chi connectivity index (χ1) is 19.5. The number of anilines is 1. The summed E-state index contributed by atoms with van der Waals surface area (Å²) in [7, 11) is -3.95. The van der Waals surface area contributed by atoms with E-state index in [1.165, 1.54) is 17.0 Å². The molecule has 2 amide bonds. The number of rotatable bonds is 11. The number of benzene rings is 3. The van der Waals surface area contributed by atoms with Crippen molar-refractivity contribution in [1.82, 2.24) is 10.2 Å². The molecule has 0 aromatic heterocycles. The van der Waals surface area contributed by atoms with Crippen LogP contribution in [0.4, 0.5) is 5.69 Å². The van der Waals surface area contributed by atoms with Crippen LogP contribution in [0.25, 0.3) is 0 Å². The van der Waals surface area contributed by atoms with Crippen molar-refractivity contribution in [2.45, 2.75) is 57.7 Å². The fourth-order valence-corrected chi connectivity index (χ4v) is 6.49. The van der Waals surface area contributed by atoms with E-state index in [4.69, 9.17) is 23.2 Å². The highest BCUT2D eigenvalue weighted by molar-refractivity contribution is 7.92. The average molecular weight is 617 g/mol. The van der Waals surface area contributed by atoms with Crippen LogP contribution in [0.2, 0.25) is 10.0 Å². The van der Waals surface area contributed by atoms with Crippen LogP contribution in [0.15, 0.2) is 72.8 Å². The molecule has 0 heterocycles. The second-order valence-corrected chi connectivity index (χ2v) is 13.3. The molecule has 1 aliphatic rings.